The molecule has 30 heavy (non-hydrogen) atoms. The second kappa shape index (κ2) is 7.67. The minimum absolute atomic E-state index is 0.0390. The number of nitrogens with zero attached hydrogens (tertiary/aromatic N) is 2. The van der Waals surface area contributed by atoms with E-state index >= 15 is 0 Å². The first-order valence-electron chi connectivity index (χ1n) is 10.2. The minimum Gasteiger partial charge on any atom is -0.375 e. The summed E-state index contributed by atoms with van der Waals surface area (Å²) in [5, 5.41) is 3.52. The zero-order chi connectivity index (χ0) is 20.5. The molecule has 0 radical (unpaired) electrons. The summed E-state index contributed by atoms with van der Waals surface area (Å²) in [4.78, 5) is 34.9. The van der Waals surface area contributed by atoms with Gasteiger partial charge in [0.25, 0.3) is 0 Å². The number of benzene rings is 2. The Kier molecular flexibility index (Phi) is 4.71. The molecular formula is C25H21N3O2. The van der Waals surface area contributed by atoms with E-state index in [1.165, 1.54) is 0 Å². The number of hydrogen-bond acceptors (Lipinski definition) is 5. The molecule has 1 aliphatic carbocycles. The molecule has 1 saturated carbocycles. The van der Waals surface area contributed by atoms with Crippen LogP contribution in [0.1, 0.15) is 46.8 Å². The van der Waals surface area contributed by atoms with E-state index in [9.17, 15) is 9.59 Å². The Balaban J connectivity index is 1.59. The van der Waals surface area contributed by atoms with Crippen molar-refractivity contribution in [1.82, 2.24) is 4.98 Å². The summed E-state index contributed by atoms with van der Waals surface area (Å²) in [5.41, 5.74) is 4.61. The number of ketones is 2. The normalized spacial score (nSPS) is 20.3. The lowest BCUT2D eigenvalue weighted by Gasteiger charge is -2.30. The number of aromatic nitrogens is 1. The molecule has 5 rings (SSSR count). The average Bonchev–Trinajstić information content (AvgIpc) is 2.96. The Morgan fingerprint density at radius 1 is 0.967 bits per heavy atom. The second-order valence-electron chi connectivity index (χ2n) is 7.74. The largest absolute Gasteiger partial charge is 0.375 e. The van der Waals surface area contributed by atoms with Crippen LogP contribution in [-0.4, -0.2) is 22.3 Å². The van der Waals surface area contributed by atoms with Gasteiger partial charge >= 0.3 is 0 Å². The number of nitrogens with one attached hydrogen (secondary N) is 1. The highest BCUT2D eigenvalue weighted by atomic mass is 16.1. The molecule has 1 aliphatic heterocycles. The van der Waals surface area contributed by atoms with E-state index < -0.39 is 0 Å². The Morgan fingerprint density at radius 3 is 2.63 bits per heavy atom. The number of carbonyl (C=O) groups is 2. The smallest absolute Gasteiger partial charge is 0.193 e. The highest BCUT2D eigenvalue weighted by Crippen LogP contribution is 2.41. The highest BCUT2D eigenvalue weighted by Gasteiger charge is 2.38. The van der Waals surface area contributed by atoms with Gasteiger partial charge < -0.3 is 5.32 Å². The van der Waals surface area contributed by atoms with Crippen molar-refractivity contribution < 1.29 is 9.59 Å². The predicted molar refractivity (Wildman–Crippen MR) is 116 cm³/mol. The summed E-state index contributed by atoms with van der Waals surface area (Å²) in [6.07, 6.45) is 5.69. The molecule has 3 aromatic rings. The van der Waals surface area contributed by atoms with Crippen molar-refractivity contribution in [3.63, 3.8) is 0 Å². The summed E-state index contributed by atoms with van der Waals surface area (Å²) >= 11 is 0. The summed E-state index contributed by atoms with van der Waals surface area (Å²) in [5.74, 6) is -0.152. The molecule has 5 heteroatoms. The summed E-state index contributed by atoms with van der Waals surface area (Å²) < 4.78 is 0. The van der Waals surface area contributed by atoms with Crippen molar-refractivity contribution in [2.75, 3.05) is 5.32 Å². The molecule has 2 aromatic carbocycles. The lowest BCUT2D eigenvalue weighted by molar-refractivity contribution is -0.122. The van der Waals surface area contributed by atoms with Gasteiger partial charge in [0.15, 0.2) is 5.78 Å². The van der Waals surface area contributed by atoms with Crippen molar-refractivity contribution in [2.45, 2.75) is 25.3 Å². The molecule has 1 fully saturated rings. The van der Waals surface area contributed by atoms with E-state index in [2.05, 4.69) is 10.3 Å². The number of Topliss-reactive ketones (excluding diaryl/α,β-unsaturated/α-hetero) is 1. The van der Waals surface area contributed by atoms with Crippen molar-refractivity contribution in [3.8, 4) is 0 Å². The predicted octanol–water partition coefficient (Wildman–Crippen LogP) is 4.92. The molecule has 2 atom stereocenters. The number of carbonyl (C=O) groups excluding carboxylic acids is 2. The van der Waals surface area contributed by atoms with Gasteiger partial charge in [-0.15, -0.1) is 0 Å². The van der Waals surface area contributed by atoms with Crippen LogP contribution in [0.2, 0.25) is 0 Å². The Hall–Kier alpha value is -3.60. The molecule has 0 amide bonds. The summed E-state index contributed by atoms with van der Waals surface area (Å²) in [6, 6.07) is 18.4. The van der Waals surface area contributed by atoms with Crippen LogP contribution in [0.3, 0.4) is 0 Å². The lowest BCUT2D eigenvalue weighted by Crippen LogP contribution is -2.36. The molecule has 2 unspecified atom stereocenters. The van der Waals surface area contributed by atoms with Crippen molar-refractivity contribution in [1.29, 1.82) is 0 Å². The average molecular weight is 395 g/mol. The number of aliphatic imine (C=N–C) groups is 1. The van der Waals surface area contributed by atoms with Crippen molar-refractivity contribution in [3.05, 3.63) is 89.7 Å². The number of hydrogen-bond donors (Lipinski definition) is 1. The Bertz CT molecular complexity index is 1140. The van der Waals surface area contributed by atoms with Crippen molar-refractivity contribution in [2.24, 2.45) is 10.9 Å². The summed E-state index contributed by atoms with van der Waals surface area (Å²) in [7, 11) is 0. The maximum absolute atomic E-state index is 12.9. The van der Waals surface area contributed by atoms with Gasteiger partial charge in [-0.1, -0.05) is 36.4 Å². The highest BCUT2D eigenvalue weighted by molar-refractivity contribution is 6.12. The standard InChI is InChI=1S/C25H21N3O2/c29-22-10-4-9-20-23(22)24(18-8-5-13-26-15-18)28-19-12-11-17(14-21(19)27-20)25(30)16-6-2-1-3-7-16/h1-3,5-8,11-15,23-24,28H,4,9-10H2. The maximum atomic E-state index is 12.9. The monoisotopic (exact) mass is 395 g/mol. The molecule has 0 bridgehead atoms. The number of pyridine rings is 1. The molecule has 5 nitrogen and oxygen atoms in total. The molecule has 2 aliphatic rings. The van der Waals surface area contributed by atoms with Gasteiger partial charge in [-0.3, -0.25) is 19.6 Å². The van der Waals surface area contributed by atoms with Crippen LogP contribution >= 0.6 is 0 Å². The first kappa shape index (κ1) is 18.4. The van der Waals surface area contributed by atoms with Gasteiger partial charge in [-0.2, -0.15) is 0 Å². The SMILES string of the molecule is O=C(c1ccccc1)c1ccc2c(c1)N=C1CCCC(=O)C1C(c1cccnc1)N2. The van der Waals surface area contributed by atoms with E-state index in [0.717, 1.165) is 29.8 Å². The van der Waals surface area contributed by atoms with Crippen LogP contribution in [0.4, 0.5) is 11.4 Å². The first-order chi connectivity index (χ1) is 14.7. The molecule has 1 N–H and O–H groups in total. The first-order valence-corrected chi connectivity index (χ1v) is 10.2. The van der Waals surface area contributed by atoms with Gasteiger partial charge in [0.2, 0.25) is 0 Å². The quantitative estimate of drug-likeness (QED) is 0.639. The van der Waals surface area contributed by atoms with Gasteiger partial charge in [-0.05, 0) is 42.7 Å². The van der Waals surface area contributed by atoms with Crippen LogP contribution in [0, 0.1) is 5.92 Å². The molecule has 2 heterocycles. The van der Waals surface area contributed by atoms with Crippen LogP contribution in [0.25, 0.3) is 0 Å². The fraction of sp³-hybridized carbons (Fsp3) is 0.200. The molecular weight excluding hydrogens is 374 g/mol. The van der Waals surface area contributed by atoms with Crippen LogP contribution < -0.4 is 5.32 Å². The maximum Gasteiger partial charge on any atom is 0.193 e. The summed E-state index contributed by atoms with van der Waals surface area (Å²) in [6.45, 7) is 0. The van der Waals surface area contributed by atoms with E-state index in [4.69, 9.17) is 4.99 Å². The molecule has 148 valence electrons. The third kappa shape index (κ3) is 3.32. The Labute approximate surface area is 174 Å². The van der Waals surface area contributed by atoms with Gasteiger partial charge in [-0.25, -0.2) is 0 Å². The van der Waals surface area contributed by atoms with E-state index in [1.807, 2.05) is 60.7 Å². The molecule has 1 aromatic heterocycles. The number of anilines is 1. The number of rotatable bonds is 3. The third-order valence-electron chi connectivity index (χ3n) is 5.81. The zero-order valence-electron chi connectivity index (χ0n) is 16.4. The van der Waals surface area contributed by atoms with E-state index in [-0.39, 0.29) is 23.5 Å². The molecule has 0 saturated heterocycles. The lowest BCUT2D eigenvalue weighted by atomic mass is 9.79. The Morgan fingerprint density at radius 2 is 1.83 bits per heavy atom. The molecule has 0 spiro atoms. The number of fused-ring (bicyclic) bond motifs is 2. The van der Waals surface area contributed by atoms with E-state index in [1.54, 1.807) is 12.4 Å². The zero-order valence-corrected chi connectivity index (χ0v) is 16.4. The minimum atomic E-state index is -0.316. The van der Waals surface area contributed by atoms with E-state index in [0.29, 0.717) is 23.2 Å². The van der Waals surface area contributed by atoms with Crippen LogP contribution in [0.15, 0.2) is 78.0 Å². The fourth-order valence-corrected chi connectivity index (χ4v) is 4.33. The topological polar surface area (TPSA) is 71.4 Å². The fourth-order valence-electron chi connectivity index (χ4n) is 4.33. The third-order valence-corrected chi connectivity index (χ3v) is 5.81. The van der Waals surface area contributed by atoms with Gasteiger partial charge in [0.05, 0.1) is 23.3 Å². The van der Waals surface area contributed by atoms with Crippen molar-refractivity contribution >= 4 is 28.7 Å². The van der Waals surface area contributed by atoms with Crippen LogP contribution in [-0.2, 0) is 4.79 Å². The second-order valence-corrected chi connectivity index (χ2v) is 7.74. The van der Waals surface area contributed by atoms with Crippen LogP contribution in [0.5, 0.6) is 0 Å². The van der Waals surface area contributed by atoms with Gasteiger partial charge in [0, 0.05) is 35.7 Å². The van der Waals surface area contributed by atoms with Gasteiger partial charge in [0.1, 0.15) is 5.78 Å².